The maximum Gasteiger partial charge on any atom is 0.433 e. The number of piperidine rings is 1. The number of likely N-dealkylation sites (tertiary alicyclic amines) is 1. The molecule has 1 aromatic heterocycles. The van der Waals surface area contributed by atoms with Gasteiger partial charge in [-0.1, -0.05) is 6.07 Å². The lowest BCUT2D eigenvalue weighted by Gasteiger charge is -2.32. The number of anilines is 1. The highest BCUT2D eigenvalue weighted by atomic mass is 19.4. The van der Waals surface area contributed by atoms with Crippen LogP contribution in [0.2, 0.25) is 0 Å². The molecule has 1 amide bonds. The zero-order valence-electron chi connectivity index (χ0n) is 11.1. The van der Waals surface area contributed by atoms with Gasteiger partial charge in [0.15, 0.2) is 0 Å². The Morgan fingerprint density at radius 3 is 2.85 bits per heavy atom. The number of nitrogens with one attached hydrogen (secondary N) is 1. The predicted molar refractivity (Wildman–Crippen MR) is 68.1 cm³/mol. The van der Waals surface area contributed by atoms with Gasteiger partial charge in [-0.15, -0.1) is 0 Å². The molecule has 1 saturated heterocycles. The first-order valence-corrected chi connectivity index (χ1v) is 6.42. The Kier molecular flexibility index (Phi) is 4.15. The number of rotatable bonds is 2. The average molecular weight is 287 g/mol. The summed E-state index contributed by atoms with van der Waals surface area (Å²) in [5.74, 6) is 0.170. The SMILES string of the molecule is CC(=O)N1CCC[C@H](Nc2cccc(C(F)(F)F)n2)C1. The molecule has 0 saturated carbocycles. The normalized spacial score (nSPS) is 19.8. The van der Waals surface area contributed by atoms with Gasteiger partial charge in [-0.25, -0.2) is 4.98 Å². The minimum absolute atomic E-state index is 0.0199. The molecule has 0 radical (unpaired) electrons. The lowest BCUT2D eigenvalue weighted by atomic mass is 10.1. The van der Waals surface area contributed by atoms with Gasteiger partial charge in [0.1, 0.15) is 11.5 Å². The molecule has 1 aliphatic heterocycles. The van der Waals surface area contributed by atoms with E-state index in [1.165, 1.54) is 19.1 Å². The lowest BCUT2D eigenvalue weighted by molar-refractivity contribution is -0.141. The summed E-state index contributed by atoms with van der Waals surface area (Å²) in [5.41, 5.74) is -0.915. The summed E-state index contributed by atoms with van der Waals surface area (Å²) in [6, 6.07) is 3.70. The maximum atomic E-state index is 12.6. The van der Waals surface area contributed by atoms with Crippen LogP contribution in [0.3, 0.4) is 0 Å². The highest BCUT2D eigenvalue weighted by Gasteiger charge is 2.32. The Balaban J connectivity index is 2.04. The Labute approximate surface area is 115 Å². The average Bonchev–Trinajstić information content (AvgIpc) is 2.38. The molecule has 110 valence electrons. The fourth-order valence-electron chi connectivity index (χ4n) is 2.26. The molecule has 1 aromatic rings. The summed E-state index contributed by atoms with van der Waals surface area (Å²) in [4.78, 5) is 16.6. The Bertz CT molecular complexity index is 490. The molecule has 1 aliphatic rings. The van der Waals surface area contributed by atoms with Gasteiger partial charge in [0.2, 0.25) is 5.91 Å². The summed E-state index contributed by atoms with van der Waals surface area (Å²) >= 11 is 0. The number of halogens is 3. The molecule has 1 fully saturated rings. The van der Waals surface area contributed by atoms with Gasteiger partial charge in [0, 0.05) is 26.1 Å². The second-order valence-corrected chi connectivity index (χ2v) is 4.85. The van der Waals surface area contributed by atoms with E-state index in [9.17, 15) is 18.0 Å². The molecule has 0 aromatic carbocycles. The van der Waals surface area contributed by atoms with Crippen LogP contribution in [0.4, 0.5) is 19.0 Å². The Morgan fingerprint density at radius 1 is 1.45 bits per heavy atom. The summed E-state index contributed by atoms with van der Waals surface area (Å²) in [6.07, 6.45) is -2.81. The van der Waals surface area contributed by atoms with Crippen LogP contribution in [0.15, 0.2) is 18.2 Å². The summed E-state index contributed by atoms with van der Waals surface area (Å²) < 4.78 is 37.7. The van der Waals surface area contributed by atoms with E-state index in [-0.39, 0.29) is 17.8 Å². The monoisotopic (exact) mass is 287 g/mol. The zero-order valence-corrected chi connectivity index (χ0v) is 11.1. The number of alkyl halides is 3. The van der Waals surface area contributed by atoms with Gasteiger partial charge < -0.3 is 10.2 Å². The van der Waals surface area contributed by atoms with E-state index < -0.39 is 11.9 Å². The maximum absolute atomic E-state index is 12.6. The first-order valence-electron chi connectivity index (χ1n) is 6.42. The Morgan fingerprint density at radius 2 is 2.20 bits per heavy atom. The summed E-state index contributed by atoms with van der Waals surface area (Å²) in [7, 11) is 0. The molecular weight excluding hydrogens is 271 g/mol. The van der Waals surface area contributed by atoms with Gasteiger partial charge in [0.25, 0.3) is 0 Å². The van der Waals surface area contributed by atoms with Crippen LogP contribution in [0.5, 0.6) is 0 Å². The van der Waals surface area contributed by atoms with Crippen molar-refractivity contribution in [2.24, 2.45) is 0 Å². The van der Waals surface area contributed by atoms with Crippen molar-refractivity contribution in [1.29, 1.82) is 0 Å². The highest BCUT2D eigenvalue weighted by molar-refractivity contribution is 5.73. The van der Waals surface area contributed by atoms with E-state index in [4.69, 9.17) is 0 Å². The van der Waals surface area contributed by atoms with Crippen molar-refractivity contribution in [2.75, 3.05) is 18.4 Å². The molecule has 0 bridgehead atoms. The summed E-state index contributed by atoms with van der Waals surface area (Å²) in [5, 5.41) is 2.97. The first kappa shape index (κ1) is 14.6. The van der Waals surface area contributed by atoms with Crippen LogP contribution in [-0.2, 0) is 11.0 Å². The van der Waals surface area contributed by atoms with E-state index in [1.807, 2.05) is 0 Å². The van der Waals surface area contributed by atoms with E-state index >= 15 is 0 Å². The predicted octanol–water partition coefficient (Wildman–Crippen LogP) is 2.52. The lowest BCUT2D eigenvalue weighted by Crippen LogP contribution is -2.44. The van der Waals surface area contributed by atoms with Crippen LogP contribution < -0.4 is 5.32 Å². The molecule has 0 aliphatic carbocycles. The fraction of sp³-hybridized carbons (Fsp3) is 0.538. The number of hydrogen-bond acceptors (Lipinski definition) is 3. The first-order chi connectivity index (χ1) is 9.36. The quantitative estimate of drug-likeness (QED) is 0.909. The smallest absolute Gasteiger partial charge is 0.366 e. The van der Waals surface area contributed by atoms with Crippen molar-refractivity contribution < 1.29 is 18.0 Å². The molecule has 20 heavy (non-hydrogen) atoms. The minimum atomic E-state index is -4.45. The van der Waals surface area contributed by atoms with Crippen LogP contribution in [0.1, 0.15) is 25.5 Å². The largest absolute Gasteiger partial charge is 0.433 e. The minimum Gasteiger partial charge on any atom is -0.366 e. The molecule has 7 heteroatoms. The number of aromatic nitrogens is 1. The van der Waals surface area contributed by atoms with E-state index in [0.29, 0.717) is 13.1 Å². The third kappa shape index (κ3) is 3.61. The van der Waals surface area contributed by atoms with Crippen LogP contribution in [0.25, 0.3) is 0 Å². The van der Waals surface area contributed by atoms with Crippen molar-refractivity contribution in [3.05, 3.63) is 23.9 Å². The topological polar surface area (TPSA) is 45.2 Å². The second kappa shape index (κ2) is 5.68. The van der Waals surface area contributed by atoms with Crippen LogP contribution in [0, 0.1) is 0 Å². The third-order valence-corrected chi connectivity index (χ3v) is 3.26. The van der Waals surface area contributed by atoms with Crippen molar-refractivity contribution >= 4 is 11.7 Å². The van der Waals surface area contributed by atoms with Crippen molar-refractivity contribution in [3.63, 3.8) is 0 Å². The number of amides is 1. The number of nitrogens with zero attached hydrogens (tertiary/aromatic N) is 2. The van der Waals surface area contributed by atoms with Gasteiger partial charge in [-0.05, 0) is 25.0 Å². The molecule has 2 rings (SSSR count). The number of carbonyl (C=O) groups excluding carboxylic acids is 1. The highest BCUT2D eigenvalue weighted by Crippen LogP contribution is 2.28. The number of carbonyl (C=O) groups is 1. The van der Waals surface area contributed by atoms with E-state index in [2.05, 4.69) is 10.3 Å². The van der Waals surface area contributed by atoms with Crippen molar-refractivity contribution in [3.8, 4) is 0 Å². The van der Waals surface area contributed by atoms with Gasteiger partial charge in [-0.3, -0.25) is 4.79 Å². The molecule has 0 unspecified atom stereocenters. The fourth-order valence-corrected chi connectivity index (χ4v) is 2.26. The standard InChI is InChI=1S/C13H16F3N3O/c1-9(20)19-7-3-4-10(8-19)17-12-6-2-5-11(18-12)13(14,15)16/h2,5-6,10H,3-4,7-8H2,1H3,(H,17,18)/t10-/m0/s1. The molecule has 2 heterocycles. The van der Waals surface area contributed by atoms with Gasteiger partial charge >= 0.3 is 6.18 Å². The van der Waals surface area contributed by atoms with Crippen molar-refractivity contribution in [1.82, 2.24) is 9.88 Å². The molecule has 1 atom stereocenters. The van der Waals surface area contributed by atoms with E-state index in [0.717, 1.165) is 18.9 Å². The Hall–Kier alpha value is -1.79. The molecule has 0 spiro atoms. The molecule has 4 nitrogen and oxygen atoms in total. The van der Waals surface area contributed by atoms with Gasteiger partial charge in [0.05, 0.1) is 0 Å². The summed E-state index contributed by atoms with van der Waals surface area (Å²) in [6.45, 7) is 2.68. The van der Waals surface area contributed by atoms with Crippen molar-refractivity contribution in [2.45, 2.75) is 32.0 Å². The zero-order chi connectivity index (χ0) is 14.8. The van der Waals surface area contributed by atoms with Gasteiger partial charge in [-0.2, -0.15) is 13.2 Å². The number of hydrogen-bond donors (Lipinski definition) is 1. The number of pyridine rings is 1. The third-order valence-electron chi connectivity index (χ3n) is 3.26. The van der Waals surface area contributed by atoms with Crippen LogP contribution in [-0.4, -0.2) is 34.9 Å². The molecular formula is C13H16F3N3O. The molecule has 1 N–H and O–H groups in total. The van der Waals surface area contributed by atoms with E-state index in [1.54, 1.807) is 4.90 Å². The second-order valence-electron chi connectivity index (χ2n) is 4.85. The van der Waals surface area contributed by atoms with Crippen LogP contribution >= 0.6 is 0 Å².